The van der Waals surface area contributed by atoms with Crippen LogP contribution in [0.15, 0.2) is 30.3 Å². The highest BCUT2D eigenvalue weighted by atomic mass is 79.9. The lowest BCUT2D eigenvalue weighted by molar-refractivity contribution is 1.27. The summed E-state index contributed by atoms with van der Waals surface area (Å²) in [6.07, 6.45) is 5.19. The molecule has 0 aliphatic carbocycles. The highest BCUT2D eigenvalue weighted by Crippen LogP contribution is 2.05. The molecule has 0 saturated heterocycles. The quantitative estimate of drug-likeness (QED) is 0.738. The van der Waals surface area contributed by atoms with E-state index in [-0.39, 0.29) is 0 Å². The van der Waals surface area contributed by atoms with Gasteiger partial charge in [-0.05, 0) is 24.1 Å². The summed E-state index contributed by atoms with van der Waals surface area (Å²) in [6, 6.07) is 9.64. The average Bonchev–Trinajstić information content (AvgIpc) is 2.19. The minimum absolute atomic E-state index is 0.706. The molecule has 0 atom stereocenters. The van der Waals surface area contributed by atoms with Crippen LogP contribution >= 0.6 is 15.9 Å². The van der Waals surface area contributed by atoms with Crippen LogP contribution in [0.5, 0.6) is 0 Å². The number of rotatable bonds is 3. The van der Waals surface area contributed by atoms with Crippen LogP contribution in [0.2, 0.25) is 0 Å². The molecular formula is C11H10BrN. The van der Waals surface area contributed by atoms with E-state index in [2.05, 4.69) is 34.2 Å². The molecule has 1 nitrogen and oxygen atoms in total. The van der Waals surface area contributed by atoms with Crippen LogP contribution < -0.4 is 0 Å². The SMILES string of the molecule is N#Cc1ccc(C=CCCBr)cc1. The van der Waals surface area contributed by atoms with E-state index in [1.165, 1.54) is 0 Å². The predicted molar refractivity (Wildman–Crippen MR) is 58.6 cm³/mol. The Bertz CT molecular complexity index is 319. The molecule has 0 saturated carbocycles. The topological polar surface area (TPSA) is 23.8 Å². The number of alkyl halides is 1. The second-order valence-corrected chi connectivity index (χ2v) is 3.41. The van der Waals surface area contributed by atoms with Crippen molar-refractivity contribution in [2.24, 2.45) is 0 Å². The fourth-order valence-electron chi connectivity index (χ4n) is 0.951. The summed E-state index contributed by atoms with van der Waals surface area (Å²) in [6.45, 7) is 0. The third-order valence-electron chi connectivity index (χ3n) is 1.63. The molecule has 1 aromatic carbocycles. The monoisotopic (exact) mass is 235 g/mol. The number of hydrogen-bond donors (Lipinski definition) is 0. The number of nitrogens with zero attached hydrogens (tertiary/aromatic N) is 1. The Kier molecular flexibility index (Phi) is 4.28. The molecule has 0 aliphatic heterocycles. The van der Waals surface area contributed by atoms with Crippen LogP contribution in [0.1, 0.15) is 17.5 Å². The largest absolute Gasteiger partial charge is 0.192 e. The molecule has 1 rings (SSSR count). The number of allylic oxidation sites excluding steroid dienone is 1. The van der Waals surface area contributed by atoms with Gasteiger partial charge in [-0.2, -0.15) is 5.26 Å². The zero-order valence-corrected chi connectivity index (χ0v) is 8.79. The van der Waals surface area contributed by atoms with Crippen LogP contribution in [0.3, 0.4) is 0 Å². The van der Waals surface area contributed by atoms with E-state index in [0.29, 0.717) is 5.56 Å². The lowest BCUT2D eigenvalue weighted by atomic mass is 10.1. The molecule has 0 N–H and O–H groups in total. The summed E-state index contributed by atoms with van der Waals surface area (Å²) in [7, 11) is 0. The molecule has 0 heterocycles. The maximum Gasteiger partial charge on any atom is 0.0991 e. The van der Waals surface area contributed by atoms with Gasteiger partial charge in [-0.1, -0.05) is 40.2 Å². The van der Waals surface area contributed by atoms with Crippen molar-refractivity contribution in [1.29, 1.82) is 5.26 Å². The van der Waals surface area contributed by atoms with Crippen LogP contribution in [-0.2, 0) is 0 Å². The van der Waals surface area contributed by atoms with E-state index in [9.17, 15) is 0 Å². The maximum atomic E-state index is 8.57. The molecule has 0 aliphatic rings. The van der Waals surface area contributed by atoms with Gasteiger partial charge in [-0.25, -0.2) is 0 Å². The molecule has 66 valence electrons. The molecule has 0 amide bonds. The molecule has 0 spiro atoms. The minimum atomic E-state index is 0.706. The zero-order valence-electron chi connectivity index (χ0n) is 7.20. The van der Waals surface area contributed by atoms with Gasteiger partial charge in [0, 0.05) is 5.33 Å². The van der Waals surface area contributed by atoms with Gasteiger partial charge in [-0.15, -0.1) is 0 Å². The third-order valence-corrected chi connectivity index (χ3v) is 2.08. The Morgan fingerprint density at radius 1 is 1.31 bits per heavy atom. The Morgan fingerprint density at radius 2 is 2.00 bits per heavy atom. The first kappa shape index (κ1) is 10.0. The summed E-state index contributed by atoms with van der Waals surface area (Å²) in [5.41, 5.74) is 1.84. The van der Waals surface area contributed by atoms with Crippen molar-refractivity contribution in [3.63, 3.8) is 0 Å². The van der Waals surface area contributed by atoms with Gasteiger partial charge < -0.3 is 0 Å². The fourth-order valence-corrected chi connectivity index (χ4v) is 1.22. The fraction of sp³-hybridized carbons (Fsp3) is 0.182. The molecule has 2 heteroatoms. The standard InChI is InChI=1S/C11H10BrN/c12-8-2-1-3-10-4-6-11(9-13)7-5-10/h1,3-7H,2,8H2. The van der Waals surface area contributed by atoms with E-state index >= 15 is 0 Å². The van der Waals surface area contributed by atoms with Crippen molar-refractivity contribution < 1.29 is 0 Å². The Labute approximate surface area is 86.8 Å². The first-order valence-corrected chi connectivity index (χ1v) is 5.21. The van der Waals surface area contributed by atoms with Gasteiger partial charge >= 0.3 is 0 Å². The van der Waals surface area contributed by atoms with E-state index < -0.39 is 0 Å². The molecule has 0 bridgehead atoms. The molecule has 13 heavy (non-hydrogen) atoms. The molecule has 0 radical (unpaired) electrons. The molecule has 1 aromatic rings. The van der Waals surface area contributed by atoms with Crippen molar-refractivity contribution in [3.8, 4) is 6.07 Å². The van der Waals surface area contributed by atoms with Gasteiger partial charge in [0.05, 0.1) is 11.6 Å². The predicted octanol–water partition coefficient (Wildman–Crippen LogP) is 3.36. The van der Waals surface area contributed by atoms with Gasteiger partial charge in [-0.3, -0.25) is 0 Å². The number of nitriles is 1. The van der Waals surface area contributed by atoms with Crippen LogP contribution in [0, 0.1) is 11.3 Å². The van der Waals surface area contributed by atoms with Gasteiger partial charge in [0.15, 0.2) is 0 Å². The zero-order chi connectivity index (χ0) is 9.52. The van der Waals surface area contributed by atoms with Crippen molar-refractivity contribution in [3.05, 3.63) is 41.5 Å². The number of hydrogen-bond acceptors (Lipinski definition) is 1. The highest BCUT2D eigenvalue weighted by Gasteiger charge is 1.88. The second kappa shape index (κ2) is 5.55. The van der Waals surface area contributed by atoms with Crippen LogP contribution in [-0.4, -0.2) is 5.33 Å². The Hall–Kier alpha value is -1.07. The lowest BCUT2D eigenvalue weighted by Gasteiger charge is -1.92. The molecular weight excluding hydrogens is 226 g/mol. The maximum absolute atomic E-state index is 8.57. The normalized spacial score (nSPS) is 10.2. The summed E-state index contributed by atoms with van der Waals surface area (Å²) >= 11 is 3.35. The summed E-state index contributed by atoms with van der Waals surface area (Å²) in [4.78, 5) is 0. The van der Waals surface area contributed by atoms with E-state index in [1.54, 1.807) is 0 Å². The number of benzene rings is 1. The number of halogens is 1. The summed E-state index contributed by atoms with van der Waals surface area (Å²) in [5, 5.41) is 9.55. The molecule has 0 fully saturated rings. The van der Waals surface area contributed by atoms with Crippen LogP contribution in [0.25, 0.3) is 6.08 Å². The average molecular weight is 236 g/mol. The van der Waals surface area contributed by atoms with Crippen molar-refractivity contribution in [2.75, 3.05) is 5.33 Å². The third kappa shape index (κ3) is 3.43. The first-order chi connectivity index (χ1) is 6.36. The lowest BCUT2D eigenvalue weighted by Crippen LogP contribution is -1.75. The Balaban J connectivity index is 2.65. The van der Waals surface area contributed by atoms with Gasteiger partial charge in [0.2, 0.25) is 0 Å². The van der Waals surface area contributed by atoms with E-state index in [1.807, 2.05) is 24.3 Å². The Morgan fingerprint density at radius 3 is 2.54 bits per heavy atom. The summed E-state index contributed by atoms with van der Waals surface area (Å²) < 4.78 is 0. The highest BCUT2D eigenvalue weighted by molar-refractivity contribution is 9.09. The molecule has 0 unspecified atom stereocenters. The van der Waals surface area contributed by atoms with Crippen molar-refractivity contribution >= 4 is 22.0 Å². The minimum Gasteiger partial charge on any atom is -0.192 e. The summed E-state index contributed by atoms with van der Waals surface area (Å²) in [5.74, 6) is 0. The smallest absolute Gasteiger partial charge is 0.0991 e. The van der Waals surface area contributed by atoms with E-state index in [0.717, 1.165) is 17.3 Å². The van der Waals surface area contributed by atoms with Crippen molar-refractivity contribution in [1.82, 2.24) is 0 Å². The van der Waals surface area contributed by atoms with Gasteiger partial charge in [0.1, 0.15) is 0 Å². The van der Waals surface area contributed by atoms with Gasteiger partial charge in [0.25, 0.3) is 0 Å². The van der Waals surface area contributed by atoms with E-state index in [4.69, 9.17) is 5.26 Å². The van der Waals surface area contributed by atoms with Crippen molar-refractivity contribution in [2.45, 2.75) is 6.42 Å². The van der Waals surface area contributed by atoms with Crippen LogP contribution in [0.4, 0.5) is 0 Å². The molecule has 0 aromatic heterocycles. The first-order valence-electron chi connectivity index (χ1n) is 4.09. The second-order valence-electron chi connectivity index (χ2n) is 2.61.